The number of aromatic nitrogens is 2. The Morgan fingerprint density at radius 2 is 1.81 bits per heavy atom. The van der Waals surface area contributed by atoms with E-state index in [1.807, 2.05) is 6.07 Å². The molecule has 1 saturated heterocycles. The number of para-hydroxylation sites is 2. The molecule has 1 aliphatic heterocycles. The van der Waals surface area contributed by atoms with E-state index in [9.17, 15) is 18.0 Å². The Morgan fingerprint density at radius 1 is 1.03 bits per heavy atom. The molecular formula is C22H24N4O4S. The van der Waals surface area contributed by atoms with Crippen LogP contribution in [0.5, 0.6) is 0 Å². The summed E-state index contributed by atoms with van der Waals surface area (Å²) in [5.41, 5.74) is 1.53. The van der Waals surface area contributed by atoms with Crippen LogP contribution in [0.4, 0.5) is 0 Å². The molecule has 1 amide bonds. The second kappa shape index (κ2) is 8.99. The summed E-state index contributed by atoms with van der Waals surface area (Å²) in [7, 11) is -3.53. The van der Waals surface area contributed by atoms with Gasteiger partial charge >= 0.3 is 0 Å². The molecule has 1 fully saturated rings. The first-order valence-corrected chi connectivity index (χ1v) is 11.7. The van der Waals surface area contributed by atoms with Crippen LogP contribution in [0.1, 0.15) is 24.8 Å². The van der Waals surface area contributed by atoms with E-state index in [-0.39, 0.29) is 29.5 Å². The van der Waals surface area contributed by atoms with Crippen molar-refractivity contribution in [3.05, 3.63) is 70.6 Å². The molecule has 3 aromatic rings. The van der Waals surface area contributed by atoms with Gasteiger partial charge in [0, 0.05) is 19.6 Å². The van der Waals surface area contributed by atoms with E-state index in [1.165, 1.54) is 15.1 Å². The van der Waals surface area contributed by atoms with Crippen molar-refractivity contribution in [2.24, 2.45) is 0 Å². The van der Waals surface area contributed by atoms with Gasteiger partial charge in [0.1, 0.15) is 6.54 Å². The quantitative estimate of drug-likeness (QED) is 0.631. The van der Waals surface area contributed by atoms with Crippen molar-refractivity contribution < 1.29 is 13.2 Å². The number of benzene rings is 2. The van der Waals surface area contributed by atoms with E-state index in [4.69, 9.17) is 0 Å². The van der Waals surface area contributed by atoms with Crippen molar-refractivity contribution in [2.45, 2.75) is 37.2 Å². The molecule has 2 heterocycles. The van der Waals surface area contributed by atoms with Gasteiger partial charge in [-0.1, -0.05) is 30.7 Å². The normalized spacial score (nSPS) is 15.1. The summed E-state index contributed by atoms with van der Waals surface area (Å²) < 4.78 is 28.6. The predicted molar refractivity (Wildman–Crippen MR) is 117 cm³/mol. The Labute approximate surface area is 180 Å². The lowest BCUT2D eigenvalue weighted by Crippen LogP contribution is -2.35. The van der Waals surface area contributed by atoms with Gasteiger partial charge < -0.3 is 5.32 Å². The number of hydrogen-bond acceptors (Lipinski definition) is 5. The van der Waals surface area contributed by atoms with Gasteiger partial charge in [-0.2, -0.15) is 4.31 Å². The Balaban J connectivity index is 1.46. The number of nitrogens with one attached hydrogen (secondary N) is 1. The van der Waals surface area contributed by atoms with E-state index < -0.39 is 10.0 Å². The molecule has 0 radical (unpaired) electrons. The van der Waals surface area contributed by atoms with Gasteiger partial charge in [0.2, 0.25) is 15.9 Å². The fourth-order valence-electron chi connectivity index (χ4n) is 3.75. The minimum atomic E-state index is -3.53. The van der Waals surface area contributed by atoms with Crippen molar-refractivity contribution in [1.29, 1.82) is 0 Å². The second-order valence-corrected chi connectivity index (χ2v) is 9.50. The SMILES string of the molecule is O=C(Cn1c(=O)cnc2ccccc21)NCc1cccc(S(=O)(=O)N2CCCCC2)c1. The van der Waals surface area contributed by atoms with E-state index in [2.05, 4.69) is 10.3 Å². The lowest BCUT2D eigenvalue weighted by atomic mass is 10.2. The summed E-state index contributed by atoms with van der Waals surface area (Å²) in [5.74, 6) is -0.345. The average molecular weight is 441 g/mol. The monoisotopic (exact) mass is 440 g/mol. The molecule has 1 aromatic heterocycles. The van der Waals surface area contributed by atoms with E-state index in [1.54, 1.807) is 42.5 Å². The molecule has 162 valence electrons. The highest BCUT2D eigenvalue weighted by molar-refractivity contribution is 7.89. The number of hydrogen-bond donors (Lipinski definition) is 1. The van der Waals surface area contributed by atoms with Crippen LogP contribution in [-0.4, -0.2) is 41.3 Å². The zero-order chi connectivity index (χ0) is 21.8. The highest BCUT2D eigenvalue weighted by Gasteiger charge is 2.25. The summed E-state index contributed by atoms with van der Waals surface area (Å²) in [6, 6.07) is 13.7. The van der Waals surface area contributed by atoms with Gasteiger partial charge in [0.05, 0.1) is 22.1 Å². The first-order valence-electron chi connectivity index (χ1n) is 10.3. The molecule has 1 N–H and O–H groups in total. The van der Waals surface area contributed by atoms with Gasteiger partial charge in [0.25, 0.3) is 5.56 Å². The molecule has 9 heteroatoms. The molecule has 8 nitrogen and oxygen atoms in total. The van der Waals surface area contributed by atoms with Crippen molar-refractivity contribution in [2.75, 3.05) is 13.1 Å². The summed E-state index contributed by atoms with van der Waals surface area (Å²) in [5, 5.41) is 2.77. The summed E-state index contributed by atoms with van der Waals surface area (Å²) in [4.78, 5) is 29.0. The number of carbonyl (C=O) groups excluding carboxylic acids is 1. The number of rotatable bonds is 6. The summed E-state index contributed by atoms with van der Waals surface area (Å²) >= 11 is 0. The molecule has 4 rings (SSSR count). The predicted octanol–water partition coefficient (Wildman–Crippen LogP) is 1.89. The van der Waals surface area contributed by atoms with Gasteiger partial charge in [-0.15, -0.1) is 0 Å². The molecule has 2 aromatic carbocycles. The molecule has 31 heavy (non-hydrogen) atoms. The van der Waals surface area contributed by atoms with Gasteiger partial charge in [-0.3, -0.25) is 14.2 Å². The summed E-state index contributed by atoms with van der Waals surface area (Å²) in [6.45, 7) is 1.10. The van der Waals surface area contributed by atoms with Crippen LogP contribution in [0.3, 0.4) is 0 Å². The third kappa shape index (κ3) is 4.67. The van der Waals surface area contributed by atoms with Crippen molar-refractivity contribution in [3.8, 4) is 0 Å². The van der Waals surface area contributed by atoms with E-state index in [0.717, 1.165) is 19.3 Å². The number of sulfonamides is 1. The van der Waals surface area contributed by atoms with Crippen LogP contribution in [-0.2, 0) is 27.9 Å². The van der Waals surface area contributed by atoms with Gasteiger partial charge in [0.15, 0.2) is 0 Å². The fraction of sp³-hybridized carbons (Fsp3) is 0.318. The van der Waals surface area contributed by atoms with Crippen molar-refractivity contribution in [3.63, 3.8) is 0 Å². The van der Waals surface area contributed by atoms with Crippen LogP contribution in [0.25, 0.3) is 11.0 Å². The summed E-state index contributed by atoms with van der Waals surface area (Å²) in [6.07, 6.45) is 3.99. The maximum atomic E-state index is 12.9. The van der Waals surface area contributed by atoms with Crippen LogP contribution >= 0.6 is 0 Å². The Kier molecular flexibility index (Phi) is 6.15. The molecule has 0 saturated carbocycles. The Morgan fingerprint density at radius 3 is 2.61 bits per heavy atom. The number of fused-ring (bicyclic) bond motifs is 1. The molecule has 0 aliphatic carbocycles. The minimum Gasteiger partial charge on any atom is -0.350 e. The van der Waals surface area contributed by atoms with Crippen LogP contribution in [0, 0.1) is 0 Å². The van der Waals surface area contributed by atoms with Crippen LogP contribution in [0.2, 0.25) is 0 Å². The molecule has 0 unspecified atom stereocenters. The third-order valence-corrected chi connectivity index (χ3v) is 7.29. The average Bonchev–Trinajstić information content (AvgIpc) is 2.80. The number of piperidine rings is 1. The molecule has 1 aliphatic rings. The first kappa shape index (κ1) is 21.2. The maximum absolute atomic E-state index is 12.9. The smallest absolute Gasteiger partial charge is 0.269 e. The van der Waals surface area contributed by atoms with Crippen LogP contribution < -0.4 is 10.9 Å². The molecule has 0 spiro atoms. The van der Waals surface area contributed by atoms with Crippen molar-refractivity contribution in [1.82, 2.24) is 19.2 Å². The number of carbonyl (C=O) groups is 1. The molecular weight excluding hydrogens is 416 g/mol. The van der Waals surface area contributed by atoms with E-state index in [0.29, 0.717) is 29.7 Å². The number of nitrogens with zero attached hydrogens (tertiary/aromatic N) is 3. The zero-order valence-electron chi connectivity index (χ0n) is 17.0. The number of amides is 1. The lowest BCUT2D eigenvalue weighted by Gasteiger charge is -2.26. The van der Waals surface area contributed by atoms with Crippen molar-refractivity contribution >= 4 is 27.0 Å². The van der Waals surface area contributed by atoms with Crippen LogP contribution in [0.15, 0.2) is 64.4 Å². The Bertz CT molecular complexity index is 1260. The topological polar surface area (TPSA) is 101 Å². The van der Waals surface area contributed by atoms with Gasteiger partial charge in [-0.25, -0.2) is 13.4 Å². The first-order chi connectivity index (χ1) is 14.9. The molecule has 0 bridgehead atoms. The second-order valence-electron chi connectivity index (χ2n) is 7.56. The minimum absolute atomic E-state index is 0.145. The van der Waals surface area contributed by atoms with E-state index >= 15 is 0 Å². The zero-order valence-corrected chi connectivity index (χ0v) is 17.8. The largest absolute Gasteiger partial charge is 0.350 e. The maximum Gasteiger partial charge on any atom is 0.269 e. The third-order valence-electron chi connectivity index (χ3n) is 5.40. The molecule has 0 atom stereocenters. The fourth-order valence-corrected chi connectivity index (χ4v) is 5.34. The Hall–Kier alpha value is -3.04. The highest BCUT2D eigenvalue weighted by atomic mass is 32.2. The highest BCUT2D eigenvalue weighted by Crippen LogP contribution is 2.21. The standard InChI is InChI=1S/C22H24N4O4S/c27-21(16-26-20-10-3-2-9-19(20)23-15-22(26)28)24-14-17-7-6-8-18(13-17)31(29,30)25-11-4-1-5-12-25/h2-3,6-10,13,15H,1,4-5,11-12,14,16H2,(H,24,27). The lowest BCUT2D eigenvalue weighted by molar-refractivity contribution is -0.121. The van der Waals surface area contributed by atoms with Gasteiger partial charge in [-0.05, 0) is 42.7 Å².